The van der Waals surface area contributed by atoms with E-state index in [1.54, 1.807) is 12.3 Å². The van der Waals surface area contributed by atoms with Crippen molar-refractivity contribution in [3.8, 4) is 5.75 Å². The lowest BCUT2D eigenvalue weighted by atomic mass is 10.0. The number of thiazole rings is 1. The maximum absolute atomic E-state index is 13.5. The summed E-state index contributed by atoms with van der Waals surface area (Å²) >= 11 is 1.24. The van der Waals surface area contributed by atoms with E-state index >= 15 is 0 Å². The molecule has 0 bridgehead atoms. The van der Waals surface area contributed by atoms with Gasteiger partial charge in [-0.25, -0.2) is 4.98 Å². The summed E-state index contributed by atoms with van der Waals surface area (Å²) in [5, 5.41) is 5.08. The first kappa shape index (κ1) is 22.4. The zero-order chi connectivity index (χ0) is 21.8. The Balaban J connectivity index is 1.74. The maximum atomic E-state index is 13.5. The number of hydrogen-bond acceptors (Lipinski definition) is 6. The lowest BCUT2D eigenvalue weighted by Gasteiger charge is -2.15. The van der Waals surface area contributed by atoms with Crippen LogP contribution < -0.4 is 10.1 Å². The van der Waals surface area contributed by atoms with Crippen molar-refractivity contribution < 1.29 is 27.4 Å². The smallest absolute Gasteiger partial charge is 0.420 e. The van der Waals surface area contributed by atoms with Gasteiger partial charge in [0.15, 0.2) is 5.13 Å². The Hall–Kier alpha value is -2.29. The first-order valence-corrected chi connectivity index (χ1v) is 10.9. The number of carbonyl (C=O) groups is 1. The average Bonchev–Trinajstić information content (AvgIpc) is 3.38. The van der Waals surface area contributed by atoms with Crippen LogP contribution in [0.1, 0.15) is 57.2 Å². The highest BCUT2D eigenvalue weighted by atomic mass is 32.1. The number of ether oxygens (including phenoxy) is 2. The van der Waals surface area contributed by atoms with Crippen LogP contribution in [0.15, 0.2) is 23.6 Å². The van der Waals surface area contributed by atoms with Crippen molar-refractivity contribution in [2.24, 2.45) is 0 Å². The molecule has 0 saturated heterocycles. The quantitative estimate of drug-likeness (QED) is 0.357. The molecule has 0 aliphatic heterocycles. The van der Waals surface area contributed by atoms with Crippen molar-refractivity contribution >= 4 is 28.1 Å². The molecule has 3 rings (SSSR count). The molecule has 0 atom stereocenters. The molecule has 1 aliphatic rings. The van der Waals surface area contributed by atoms with Gasteiger partial charge in [0.1, 0.15) is 11.2 Å². The van der Waals surface area contributed by atoms with E-state index in [9.17, 15) is 18.0 Å². The van der Waals surface area contributed by atoms with Gasteiger partial charge in [-0.15, -0.1) is 11.3 Å². The highest BCUT2D eigenvalue weighted by Crippen LogP contribution is 2.50. The van der Waals surface area contributed by atoms with Gasteiger partial charge in [0.2, 0.25) is 0 Å². The molecular formula is C21H25F3N2O3S. The molecule has 1 aromatic carbocycles. The largest absolute Gasteiger partial charge is 0.493 e. The van der Waals surface area contributed by atoms with E-state index in [0.29, 0.717) is 36.7 Å². The van der Waals surface area contributed by atoms with Gasteiger partial charge in [0, 0.05) is 11.1 Å². The Labute approximate surface area is 177 Å². The van der Waals surface area contributed by atoms with Gasteiger partial charge >= 0.3 is 12.1 Å². The lowest BCUT2D eigenvalue weighted by molar-refractivity contribution is -0.146. The SMILES string of the molecule is CCCCCOc1ccc(Nc2nc(C3(C(=O)OCC)CC3)cs2)cc1C(F)(F)F. The Kier molecular flexibility index (Phi) is 6.90. The molecule has 1 N–H and O–H groups in total. The van der Waals surface area contributed by atoms with Crippen LogP contribution in [0.4, 0.5) is 24.0 Å². The Bertz CT molecular complexity index is 879. The van der Waals surface area contributed by atoms with Gasteiger partial charge in [-0.2, -0.15) is 13.2 Å². The summed E-state index contributed by atoms with van der Waals surface area (Å²) in [6.07, 6.45) is -0.632. The summed E-state index contributed by atoms with van der Waals surface area (Å²) in [4.78, 5) is 16.6. The molecule has 0 spiro atoms. The first-order valence-electron chi connectivity index (χ1n) is 10.0. The molecule has 9 heteroatoms. The minimum atomic E-state index is -4.53. The van der Waals surface area contributed by atoms with Gasteiger partial charge in [-0.3, -0.25) is 4.79 Å². The number of unbranched alkanes of at least 4 members (excludes halogenated alkanes) is 2. The predicted molar refractivity (Wildman–Crippen MR) is 109 cm³/mol. The third-order valence-electron chi connectivity index (χ3n) is 4.95. The fourth-order valence-corrected chi connectivity index (χ4v) is 3.95. The van der Waals surface area contributed by atoms with Crippen molar-refractivity contribution in [2.45, 2.75) is 57.5 Å². The predicted octanol–water partition coefficient (Wildman–Crippen LogP) is 6.07. The zero-order valence-electron chi connectivity index (χ0n) is 17.0. The second-order valence-corrected chi connectivity index (χ2v) is 8.09. The van der Waals surface area contributed by atoms with Crippen molar-refractivity contribution in [1.29, 1.82) is 0 Å². The highest BCUT2D eigenvalue weighted by Gasteiger charge is 2.54. The highest BCUT2D eigenvalue weighted by molar-refractivity contribution is 7.13. The molecule has 1 aliphatic carbocycles. The van der Waals surface area contributed by atoms with Gasteiger partial charge in [-0.1, -0.05) is 19.8 Å². The van der Waals surface area contributed by atoms with E-state index in [0.717, 1.165) is 18.9 Å². The number of hydrogen-bond donors (Lipinski definition) is 1. The standard InChI is InChI=1S/C21H25F3N2O3S/c1-3-5-6-11-29-16-8-7-14(12-15(16)21(22,23)24)25-19-26-17(13-30-19)20(9-10-20)18(27)28-4-2/h7-8,12-13H,3-6,9-11H2,1-2H3,(H,25,26). The molecule has 5 nitrogen and oxygen atoms in total. The van der Waals surface area contributed by atoms with E-state index in [4.69, 9.17) is 9.47 Å². The van der Waals surface area contributed by atoms with Crippen LogP contribution in [-0.2, 0) is 21.1 Å². The molecule has 2 aromatic rings. The van der Waals surface area contributed by atoms with E-state index in [1.165, 1.54) is 23.5 Å². The summed E-state index contributed by atoms with van der Waals surface area (Å²) in [5.41, 5.74) is -0.684. The molecular weight excluding hydrogens is 417 g/mol. The van der Waals surface area contributed by atoms with Gasteiger partial charge in [0.25, 0.3) is 0 Å². The normalized spacial score (nSPS) is 15.0. The Morgan fingerprint density at radius 2 is 2.03 bits per heavy atom. The summed E-state index contributed by atoms with van der Waals surface area (Å²) in [5.74, 6) is -0.478. The topological polar surface area (TPSA) is 60.5 Å². The second-order valence-electron chi connectivity index (χ2n) is 7.23. The van der Waals surface area contributed by atoms with Crippen LogP contribution in [0.5, 0.6) is 5.75 Å². The molecule has 1 saturated carbocycles. The van der Waals surface area contributed by atoms with E-state index in [1.807, 2.05) is 6.92 Å². The van der Waals surface area contributed by atoms with Crippen LogP contribution in [0, 0.1) is 0 Å². The first-order chi connectivity index (χ1) is 14.3. The molecule has 0 unspecified atom stereocenters. The Morgan fingerprint density at radius 3 is 2.67 bits per heavy atom. The van der Waals surface area contributed by atoms with Gasteiger partial charge in [-0.05, 0) is 44.4 Å². The van der Waals surface area contributed by atoms with Crippen LogP contribution in [0.3, 0.4) is 0 Å². The minimum absolute atomic E-state index is 0.178. The molecule has 164 valence electrons. The third kappa shape index (κ3) is 5.06. The molecule has 1 fully saturated rings. The van der Waals surface area contributed by atoms with E-state index in [2.05, 4.69) is 10.3 Å². The monoisotopic (exact) mass is 442 g/mol. The van der Waals surface area contributed by atoms with Crippen molar-refractivity contribution in [2.75, 3.05) is 18.5 Å². The number of rotatable bonds is 10. The number of alkyl halides is 3. The van der Waals surface area contributed by atoms with E-state index < -0.39 is 17.2 Å². The summed E-state index contributed by atoms with van der Waals surface area (Å²) in [7, 11) is 0. The molecule has 0 amide bonds. The van der Waals surface area contributed by atoms with Crippen molar-refractivity contribution in [3.63, 3.8) is 0 Å². The number of esters is 1. The third-order valence-corrected chi connectivity index (χ3v) is 5.71. The maximum Gasteiger partial charge on any atom is 0.420 e. The number of nitrogens with one attached hydrogen (secondary N) is 1. The number of carbonyl (C=O) groups excluding carboxylic acids is 1. The van der Waals surface area contributed by atoms with Crippen LogP contribution in [0.25, 0.3) is 0 Å². The number of halogens is 3. The van der Waals surface area contributed by atoms with E-state index in [-0.39, 0.29) is 24.0 Å². The molecule has 0 radical (unpaired) electrons. The number of aromatic nitrogens is 1. The van der Waals surface area contributed by atoms with Crippen molar-refractivity contribution in [1.82, 2.24) is 4.98 Å². The van der Waals surface area contributed by atoms with Gasteiger partial charge in [0.05, 0.1) is 24.5 Å². The molecule has 1 heterocycles. The summed E-state index contributed by atoms with van der Waals surface area (Å²) in [6, 6.07) is 3.88. The summed E-state index contributed by atoms with van der Waals surface area (Å²) < 4.78 is 51.0. The minimum Gasteiger partial charge on any atom is -0.493 e. The molecule has 30 heavy (non-hydrogen) atoms. The number of anilines is 2. The number of nitrogens with zero attached hydrogens (tertiary/aromatic N) is 1. The lowest BCUT2D eigenvalue weighted by Crippen LogP contribution is -2.23. The average molecular weight is 443 g/mol. The Morgan fingerprint density at radius 1 is 1.27 bits per heavy atom. The van der Waals surface area contributed by atoms with Gasteiger partial charge < -0.3 is 14.8 Å². The summed E-state index contributed by atoms with van der Waals surface area (Å²) in [6.45, 7) is 4.30. The van der Waals surface area contributed by atoms with Crippen LogP contribution >= 0.6 is 11.3 Å². The molecule has 1 aromatic heterocycles. The fourth-order valence-electron chi connectivity index (χ4n) is 3.12. The van der Waals surface area contributed by atoms with Crippen LogP contribution in [0.2, 0.25) is 0 Å². The van der Waals surface area contributed by atoms with Crippen LogP contribution in [-0.4, -0.2) is 24.2 Å². The fraction of sp³-hybridized carbons (Fsp3) is 0.524. The number of benzene rings is 1. The zero-order valence-corrected chi connectivity index (χ0v) is 17.8. The second kappa shape index (κ2) is 9.24. The van der Waals surface area contributed by atoms with Crippen molar-refractivity contribution in [3.05, 3.63) is 34.8 Å².